The topological polar surface area (TPSA) is 12.9 Å². The Morgan fingerprint density at radius 2 is 0.822 bits per heavy atom. The van der Waals surface area contributed by atoms with Gasteiger partial charge in [0.1, 0.15) is 0 Å². The highest BCUT2D eigenvalue weighted by Gasteiger charge is 2.36. The van der Waals surface area contributed by atoms with Gasteiger partial charge in [-0.25, -0.2) is 4.98 Å². The lowest BCUT2D eigenvalue weighted by Crippen LogP contribution is -2.14. The highest BCUT2D eigenvalue weighted by Crippen LogP contribution is 2.52. The minimum absolute atomic E-state index is 0.104. The molecule has 0 spiro atoms. The quantitative estimate of drug-likeness (QED) is 0.192. The van der Waals surface area contributed by atoms with E-state index >= 15 is 0 Å². The minimum Gasteiger partial charge on any atom is -0.248 e. The Hall–Kier alpha value is -5.53. The molecule has 0 N–H and O–H groups in total. The Labute approximate surface area is 263 Å². The molecule has 0 bridgehead atoms. The number of pyridine rings is 1. The summed E-state index contributed by atoms with van der Waals surface area (Å²) < 4.78 is 0. The molecule has 0 fully saturated rings. The predicted octanol–water partition coefficient (Wildman–Crippen LogP) is 11.8. The summed E-state index contributed by atoms with van der Waals surface area (Å²) in [7, 11) is 0. The highest BCUT2D eigenvalue weighted by molar-refractivity contribution is 6.26. The summed E-state index contributed by atoms with van der Waals surface area (Å²) in [4.78, 5) is 5.12. The van der Waals surface area contributed by atoms with Crippen molar-refractivity contribution < 1.29 is 0 Å². The molecule has 1 aliphatic carbocycles. The van der Waals surface area contributed by atoms with E-state index in [0.29, 0.717) is 0 Å². The van der Waals surface area contributed by atoms with E-state index in [1.54, 1.807) is 0 Å². The van der Waals surface area contributed by atoms with Crippen LogP contribution < -0.4 is 0 Å². The molecule has 212 valence electrons. The lowest BCUT2D eigenvalue weighted by atomic mass is 9.81. The maximum Gasteiger partial charge on any atom is 0.0715 e. The first-order valence-electron chi connectivity index (χ1n) is 15.7. The molecule has 1 heterocycles. The molecule has 8 aromatic rings. The van der Waals surface area contributed by atoms with E-state index in [1.165, 1.54) is 65.7 Å². The number of benzene rings is 7. The molecule has 1 heteroatoms. The second kappa shape index (κ2) is 9.74. The SMILES string of the molecule is CC1(C)c2ccc(-c3cc(-c4ccccc4)nc(-c4ccccc4)c3)cc2-c2cc3c4ccccc4c4ccccc4c3cc21. The third-order valence-corrected chi connectivity index (χ3v) is 9.84. The Morgan fingerprint density at radius 3 is 1.38 bits per heavy atom. The van der Waals surface area contributed by atoms with Gasteiger partial charge in [-0.05, 0) is 96.0 Å². The summed E-state index contributed by atoms with van der Waals surface area (Å²) in [6, 6.07) is 55.2. The van der Waals surface area contributed by atoms with Crippen LogP contribution in [0.25, 0.3) is 77.1 Å². The Morgan fingerprint density at radius 1 is 0.356 bits per heavy atom. The van der Waals surface area contributed by atoms with Gasteiger partial charge in [0.25, 0.3) is 0 Å². The van der Waals surface area contributed by atoms with E-state index in [2.05, 4.69) is 166 Å². The van der Waals surface area contributed by atoms with Gasteiger partial charge in [-0.15, -0.1) is 0 Å². The van der Waals surface area contributed by atoms with Crippen LogP contribution in [0.5, 0.6) is 0 Å². The molecule has 1 nitrogen and oxygen atoms in total. The van der Waals surface area contributed by atoms with Gasteiger partial charge < -0.3 is 0 Å². The van der Waals surface area contributed by atoms with Gasteiger partial charge in [-0.2, -0.15) is 0 Å². The zero-order valence-corrected chi connectivity index (χ0v) is 25.4. The van der Waals surface area contributed by atoms with Gasteiger partial charge in [0.2, 0.25) is 0 Å². The summed E-state index contributed by atoms with van der Waals surface area (Å²) in [5.74, 6) is 0. The fourth-order valence-electron chi connectivity index (χ4n) is 7.54. The monoisotopic (exact) mass is 573 g/mol. The molecule has 0 aliphatic heterocycles. The fourth-order valence-corrected chi connectivity index (χ4v) is 7.54. The van der Waals surface area contributed by atoms with E-state index in [4.69, 9.17) is 4.98 Å². The standard InChI is InChI=1S/C44H31N/c1-44(2)40-22-21-30(31-24-42(28-13-5-3-6-14-28)45-43(25-31)29-15-7-4-8-16-29)23-38(40)39-26-36-34-19-11-9-17-32(34)33-18-10-12-20-35(33)37(36)27-41(39)44/h3-27H,1-2H3. The highest BCUT2D eigenvalue weighted by atomic mass is 14.7. The van der Waals surface area contributed by atoms with Crippen LogP contribution in [-0.2, 0) is 5.41 Å². The average Bonchev–Trinajstić information content (AvgIpc) is 3.33. The second-order valence-corrected chi connectivity index (χ2v) is 12.8. The van der Waals surface area contributed by atoms with Gasteiger partial charge in [0, 0.05) is 16.5 Å². The molecule has 0 saturated carbocycles. The maximum atomic E-state index is 5.12. The van der Waals surface area contributed by atoms with Crippen molar-refractivity contribution in [2.45, 2.75) is 19.3 Å². The number of hydrogen-bond donors (Lipinski definition) is 0. The van der Waals surface area contributed by atoms with Crippen molar-refractivity contribution in [3.63, 3.8) is 0 Å². The van der Waals surface area contributed by atoms with Crippen LogP contribution in [0, 0.1) is 0 Å². The van der Waals surface area contributed by atoms with E-state index in [-0.39, 0.29) is 5.41 Å². The molecule has 0 amide bonds. The van der Waals surface area contributed by atoms with Crippen LogP contribution in [-0.4, -0.2) is 4.98 Å². The Balaban J connectivity index is 1.28. The van der Waals surface area contributed by atoms with Crippen molar-refractivity contribution in [2.24, 2.45) is 0 Å². The van der Waals surface area contributed by atoms with Crippen molar-refractivity contribution in [1.29, 1.82) is 0 Å². The van der Waals surface area contributed by atoms with Crippen molar-refractivity contribution in [1.82, 2.24) is 4.98 Å². The molecule has 45 heavy (non-hydrogen) atoms. The molecule has 1 aliphatic rings. The molecule has 0 radical (unpaired) electrons. The summed E-state index contributed by atoms with van der Waals surface area (Å²) in [6.07, 6.45) is 0. The zero-order chi connectivity index (χ0) is 30.1. The summed E-state index contributed by atoms with van der Waals surface area (Å²) in [5, 5.41) is 7.91. The van der Waals surface area contributed by atoms with E-state index < -0.39 is 0 Å². The van der Waals surface area contributed by atoms with Crippen LogP contribution in [0.4, 0.5) is 0 Å². The first kappa shape index (κ1) is 25.9. The van der Waals surface area contributed by atoms with E-state index in [0.717, 1.165) is 22.5 Å². The summed E-state index contributed by atoms with van der Waals surface area (Å²) >= 11 is 0. The third-order valence-electron chi connectivity index (χ3n) is 9.84. The molecule has 7 aromatic carbocycles. The van der Waals surface area contributed by atoms with E-state index in [9.17, 15) is 0 Å². The van der Waals surface area contributed by atoms with Crippen molar-refractivity contribution in [2.75, 3.05) is 0 Å². The molecule has 0 atom stereocenters. The zero-order valence-electron chi connectivity index (χ0n) is 25.4. The van der Waals surface area contributed by atoms with Crippen LogP contribution in [0.2, 0.25) is 0 Å². The van der Waals surface area contributed by atoms with Crippen LogP contribution >= 0.6 is 0 Å². The van der Waals surface area contributed by atoms with Gasteiger partial charge in [-0.3, -0.25) is 0 Å². The second-order valence-electron chi connectivity index (χ2n) is 12.8. The lowest BCUT2D eigenvalue weighted by molar-refractivity contribution is 0.661. The first-order chi connectivity index (χ1) is 22.1. The Bertz CT molecular complexity index is 2380. The number of nitrogens with zero attached hydrogens (tertiary/aromatic N) is 1. The van der Waals surface area contributed by atoms with Gasteiger partial charge in [-0.1, -0.05) is 135 Å². The third kappa shape index (κ3) is 3.97. The lowest BCUT2D eigenvalue weighted by Gasteiger charge is -2.22. The van der Waals surface area contributed by atoms with Crippen molar-refractivity contribution >= 4 is 32.3 Å². The number of aromatic nitrogens is 1. The molecule has 1 aromatic heterocycles. The number of rotatable bonds is 3. The molecule has 0 saturated heterocycles. The molecular weight excluding hydrogens is 542 g/mol. The summed E-state index contributed by atoms with van der Waals surface area (Å²) in [6.45, 7) is 4.75. The van der Waals surface area contributed by atoms with Crippen LogP contribution in [0.15, 0.2) is 152 Å². The first-order valence-corrected chi connectivity index (χ1v) is 15.7. The summed E-state index contributed by atoms with van der Waals surface area (Å²) in [5.41, 5.74) is 11.9. The van der Waals surface area contributed by atoms with Crippen molar-refractivity contribution in [3.05, 3.63) is 163 Å². The van der Waals surface area contributed by atoms with Crippen molar-refractivity contribution in [3.8, 4) is 44.8 Å². The number of hydrogen-bond acceptors (Lipinski definition) is 1. The molecule has 9 rings (SSSR count). The largest absolute Gasteiger partial charge is 0.248 e. The minimum atomic E-state index is -0.104. The number of fused-ring (bicyclic) bond motifs is 9. The van der Waals surface area contributed by atoms with Gasteiger partial charge in [0.15, 0.2) is 0 Å². The van der Waals surface area contributed by atoms with Gasteiger partial charge >= 0.3 is 0 Å². The van der Waals surface area contributed by atoms with Crippen LogP contribution in [0.3, 0.4) is 0 Å². The predicted molar refractivity (Wildman–Crippen MR) is 191 cm³/mol. The van der Waals surface area contributed by atoms with Crippen LogP contribution in [0.1, 0.15) is 25.0 Å². The van der Waals surface area contributed by atoms with E-state index in [1.807, 2.05) is 0 Å². The smallest absolute Gasteiger partial charge is 0.0715 e. The van der Waals surface area contributed by atoms with Gasteiger partial charge in [0.05, 0.1) is 11.4 Å². The normalized spacial score (nSPS) is 13.3. The molecular formula is C44H31N. The Kier molecular flexibility index (Phi) is 5.61. The fraction of sp³-hybridized carbons (Fsp3) is 0.0682. The maximum absolute atomic E-state index is 5.12. The molecule has 0 unspecified atom stereocenters. The average molecular weight is 574 g/mol.